The van der Waals surface area contributed by atoms with Crippen LogP contribution in [0, 0.1) is 25.1 Å². The van der Waals surface area contributed by atoms with Gasteiger partial charge in [0, 0.05) is 11.6 Å². The molecule has 0 amide bonds. The molecule has 0 heterocycles. The fourth-order valence-electron chi connectivity index (χ4n) is 3.75. The van der Waals surface area contributed by atoms with Gasteiger partial charge < -0.3 is 5.32 Å². The van der Waals surface area contributed by atoms with Gasteiger partial charge in [-0.1, -0.05) is 32.8 Å². The van der Waals surface area contributed by atoms with Crippen molar-refractivity contribution in [3.8, 4) is 0 Å². The summed E-state index contributed by atoms with van der Waals surface area (Å²) in [4.78, 5) is 0. The molecule has 0 spiro atoms. The molecule has 1 unspecified atom stereocenters. The van der Waals surface area contributed by atoms with Crippen molar-refractivity contribution in [3.05, 3.63) is 34.6 Å². The van der Waals surface area contributed by atoms with E-state index < -0.39 is 0 Å². The number of benzene rings is 1. The van der Waals surface area contributed by atoms with Gasteiger partial charge in [0.2, 0.25) is 0 Å². The second kappa shape index (κ2) is 6.26. The molecule has 1 saturated carbocycles. The molecular formula is C18H28FN. The predicted molar refractivity (Wildman–Crippen MR) is 83.5 cm³/mol. The average Bonchev–Trinajstić information content (AvgIpc) is 2.80. The molecule has 1 nitrogen and oxygen atoms in total. The molecule has 112 valence electrons. The molecule has 2 rings (SSSR count). The SMILES string of the molecule is CCCNC(c1c(C)cc(C)cc1F)C1(C)CCCC1. The quantitative estimate of drug-likeness (QED) is 0.793. The molecule has 0 aliphatic heterocycles. The van der Waals surface area contributed by atoms with Gasteiger partial charge in [0.25, 0.3) is 0 Å². The zero-order chi connectivity index (χ0) is 14.8. The van der Waals surface area contributed by atoms with Crippen LogP contribution in [0.3, 0.4) is 0 Å². The van der Waals surface area contributed by atoms with E-state index in [-0.39, 0.29) is 17.3 Å². The minimum absolute atomic E-state index is 0.0378. The molecule has 1 N–H and O–H groups in total. The number of halogens is 1. The molecular weight excluding hydrogens is 249 g/mol. The van der Waals surface area contributed by atoms with E-state index in [1.54, 1.807) is 6.07 Å². The summed E-state index contributed by atoms with van der Waals surface area (Å²) in [7, 11) is 0. The van der Waals surface area contributed by atoms with Crippen LogP contribution in [-0.4, -0.2) is 6.54 Å². The first kappa shape index (κ1) is 15.5. The second-order valence-electron chi connectivity index (χ2n) is 6.73. The number of rotatable bonds is 5. The molecule has 0 saturated heterocycles. The first-order valence-corrected chi connectivity index (χ1v) is 7.98. The minimum atomic E-state index is -0.0378. The summed E-state index contributed by atoms with van der Waals surface area (Å²) in [6, 6.07) is 3.93. The normalized spacial score (nSPS) is 19.2. The Morgan fingerprint density at radius 2 is 1.90 bits per heavy atom. The van der Waals surface area contributed by atoms with Crippen LogP contribution in [0.15, 0.2) is 12.1 Å². The van der Waals surface area contributed by atoms with Crippen molar-refractivity contribution in [1.29, 1.82) is 0 Å². The Balaban J connectivity index is 2.41. The standard InChI is InChI=1S/C18H28FN/c1-5-10-20-17(18(4)8-6-7-9-18)16-14(3)11-13(2)12-15(16)19/h11-12,17,20H,5-10H2,1-4H3. The fourth-order valence-corrected chi connectivity index (χ4v) is 3.75. The molecule has 1 aromatic rings. The van der Waals surface area contributed by atoms with E-state index in [4.69, 9.17) is 0 Å². The highest BCUT2D eigenvalue weighted by molar-refractivity contribution is 5.35. The summed E-state index contributed by atoms with van der Waals surface area (Å²) in [5.41, 5.74) is 3.18. The Hall–Kier alpha value is -0.890. The molecule has 1 fully saturated rings. The maximum atomic E-state index is 14.6. The predicted octanol–water partition coefficient (Wildman–Crippen LogP) is 5.06. The molecule has 2 heteroatoms. The van der Waals surface area contributed by atoms with Crippen molar-refractivity contribution in [3.63, 3.8) is 0 Å². The average molecular weight is 277 g/mol. The highest BCUT2D eigenvalue weighted by Crippen LogP contribution is 2.48. The Morgan fingerprint density at radius 3 is 2.45 bits per heavy atom. The van der Waals surface area contributed by atoms with Gasteiger partial charge >= 0.3 is 0 Å². The van der Waals surface area contributed by atoms with Gasteiger partial charge in [0.05, 0.1) is 0 Å². The van der Waals surface area contributed by atoms with Crippen LogP contribution >= 0.6 is 0 Å². The third-order valence-corrected chi connectivity index (χ3v) is 4.81. The molecule has 0 radical (unpaired) electrons. The van der Waals surface area contributed by atoms with E-state index in [1.165, 1.54) is 25.7 Å². The zero-order valence-corrected chi connectivity index (χ0v) is 13.4. The lowest BCUT2D eigenvalue weighted by molar-refractivity contribution is 0.218. The van der Waals surface area contributed by atoms with Gasteiger partial charge in [-0.25, -0.2) is 4.39 Å². The van der Waals surface area contributed by atoms with E-state index in [0.717, 1.165) is 29.7 Å². The highest BCUT2D eigenvalue weighted by atomic mass is 19.1. The summed E-state index contributed by atoms with van der Waals surface area (Å²) in [6.07, 6.45) is 6.02. The lowest BCUT2D eigenvalue weighted by Crippen LogP contribution is -2.36. The topological polar surface area (TPSA) is 12.0 Å². The molecule has 0 aromatic heterocycles. The van der Waals surface area contributed by atoms with Gasteiger partial charge in [0.1, 0.15) is 5.82 Å². The van der Waals surface area contributed by atoms with Crippen LogP contribution in [0.5, 0.6) is 0 Å². The first-order chi connectivity index (χ1) is 9.48. The smallest absolute Gasteiger partial charge is 0.128 e. The third kappa shape index (κ3) is 3.06. The van der Waals surface area contributed by atoms with E-state index in [2.05, 4.69) is 25.2 Å². The van der Waals surface area contributed by atoms with Crippen molar-refractivity contribution >= 4 is 0 Å². The molecule has 1 aliphatic rings. The Morgan fingerprint density at radius 1 is 1.25 bits per heavy atom. The van der Waals surface area contributed by atoms with Gasteiger partial charge in [0.15, 0.2) is 0 Å². The zero-order valence-electron chi connectivity index (χ0n) is 13.4. The molecule has 20 heavy (non-hydrogen) atoms. The van der Waals surface area contributed by atoms with E-state index >= 15 is 0 Å². The van der Waals surface area contributed by atoms with Gasteiger partial charge in [-0.3, -0.25) is 0 Å². The van der Waals surface area contributed by atoms with Crippen LogP contribution in [0.4, 0.5) is 4.39 Å². The number of nitrogens with one attached hydrogen (secondary N) is 1. The summed E-state index contributed by atoms with van der Waals surface area (Å²) in [5, 5.41) is 3.63. The summed E-state index contributed by atoms with van der Waals surface area (Å²) in [5.74, 6) is -0.0378. The highest BCUT2D eigenvalue weighted by Gasteiger charge is 2.39. The maximum absolute atomic E-state index is 14.6. The number of hydrogen-bond donors (Lipinski definition) is 1. The summed E-state index contributed by atoms with van der Waals surface area (Å²) >= 11 is 0. The van der Waals surface area contributed by atoms with Crippen LogP contribution in [0.1, 0.15) is 68.7 Å². The van der Waals surface area contributed by atoms with Crippen LogP contribution in [-0.2, 0) is 0 Å². The Kier molecular flexibility index (Phi) is 4.85. The molecule has 1 aliphatic carbocycles. The van der Waals surface area contributed by atoms with Crippen molar-refractivity contribution in [2.45, 2.75) is 65.8 Å². The van der Waals surface area contributed by atoms with Crippen LogP contribution in [0.2, 0.25) is 0 Å². The van der Waals surface area contributed by atoms with Crippen LogP contribution in [0.25, 0.3) is 0 Å². The fraction of sp³-hybridized carbons (Fsp3) is 0.667. The first-order valence-electron chi connectivity index (χ1n) is 7.98. The Labute approximate surface area is 123 Å². The van der Waals surface area contributed by atoms with E-state index in [1.807, 2.05) is 13.8 Å². The van der Waals surface area contributed by atoms with Gasteiger partial charge in [-0.2, -0.15) is 0 Å². The van der Waals surface area contributed by atoms with Crippen LogP contribution < -0.4 is 5.32 Å². The van der Waals surface area contributed by atoms with Crippen molar-refractivity contribution in [2.75, 3.05) is 6.54 Å². The summed E-state index contributed by atoms with van der Waals surface area (Å²) in [6.45, 7) is 9.45. The maximum Gasteiger partial charge on any atom is 0.128 e. The third-order valence-electron chi connectivity index (χ3n) is 4.81. The molecule has 1 aromatic carbocycles. The largest absolute Gasteiger partial charge is 0.309 e. The van der Waals surface area contributed by atoms with E-state index in [0.29, 0.717) is 0 Å². The second-order valence-corrected chi connectivity index (χ2v) is 6.73. The van der Waals surface area contributed by atoms with Crippen molar-refractivity contribution in [1.82, 2.24) is 5.32 Å². The number of hydrogen-bond acceptors (Lipinski definition) is 1. The lowest BCUT2D eigenvalue weighted by Gasteiger charge is -2.36. The lowest BCUT2D eigenvalue weighted by atomic mass is 9.75. The Bertz CT molecular complexity index is 437. The van der Waals surface area contributed by atoms with Gasteiger partial charge in [-0.15, -0.1) is 0 Å². The number of aryl methyl sites for hydroxylation is 2. The molecule has 0 bridgehead atoms. The van der Waals surface area contributed by atoms with Crippen molar-refractivity contribution < 1.29 is 4.39 Å². The van der Waals surface area contributed by atoms with Gasteiger partial charge in [-0.05, 0) is 62.3 Å². The van der Waals surface area contributed by atoms with Crippen molar-refractivity contribution in [2.24, 2.45) is 5.41 Å². The molecule has 1 atom stereocenters. The summed E-state index contributed by atoms with van der Waals surface area (Å²) < 4.78 is 14.6. The monoisotopic (exact) mass is 277 g/mol. The minimum Gasteiger partial charge on any atom is -0.309 e. The van der Waals surface area contributed by atoms with E-state index in [9.17, 15) is 4.39 Å².